The minimum absolute atomic E-state index is 0.332. The van der Waals surface area contributed by atoms with Gasteiger partial charge < -0.3 is 5.11 Å². The van der Waals surface area contributed by atoms with Crippen molar-refractivity contribution in [3.05, 3.63) is 0 Å². The van der Waals surface area contributed by atoms with E-state index in [1.165, 1.54) is 25.7 Å². The number of hydrogen-bond donors (Lipinski definition) is 1. The summed E-state index contributed by atoms with van der Waals surface area (Å²) in [5, 5.41) is 8.76. The maximum Gasteiger partial charge on any atom is 0.0436 e. The lowest BCUT2D eigenvalue weighted by Crippen LogP contribution is -2.12. The Labute approximate surface area is 70.8 Å². The molecule has 1 nitrogen and oxygen atoms in total. The van der Waals surface area contributed by atoms with Gasteiger partial charge in [0.15, 0.2) is 0 Å². The van der Waals surface area contributed by atoms with Crippen molar-refractivity contribution in [2.45, 2.75) is 52.9 Å². The summed E-state index contributed by atoms with van der Waals surface area (Å²) in [6.45, 7) is 7.02. The van der Waals surface area contributed by atoms with E-state index in [1.54, 1.807) is 0 Å². The first-order chi connectivity index (χ1) is 5.12. The van der Waals surface area contributed by atoms with Crippen molar-refractivity contribution in [2.24, 2.45) is 5.41 Å². The average Bonchev–Trinajstić information content (AvgIpc) is 1.87. The Hall–Kier alpha value is -0.0400. The van der Waals surface area contributed by atoms with Crippen molar-refractivity contribution in [3.63, 3.8) is 0 Å². The van der Waals surface area contributed by atoms with Crippen LogP contribution in [-0.4, -0.2) is 11.7 Å². The maximum absolute atomic E-state index is 8.76. The summed E-state index contributed by atoms with van der Waals surface area (Å²) in [5.74, 6) is 0. The molecule has 0 aliphatic carbocycles. The van der Waals surface area contributed by atoms with Crippen molar-refractivity contribution in [1.29, 1.82) is 0 Å². The number of rotatable bonds is 6. The van der Waals surface area contributed by atoms with Crippen molar-refractivity contribution >= 4 is 0 Å². The molecule has 0 amide bonds. The second-order valence-electron chi connectivity index (χ2n) is 4.09. The molecule has 0 fully saturated rings. The summed E-state index contributed by atoms with van der Waals surface area (Å²) in [6.07, 6.45) is 6.12. The fourth-order valence-corrected chi connectivity index (χ4v) is 1.28. The molecule has 68 valence electrons. The smallest absolute Gasteiger partial charge is 0.0436 e. The topological polar surface area (TPSA) is 20.2 Å². The molecule has 0 radical (unpaired) electrons. The summed E-state index contributed by atoms with van der Waals surface area (Å²) in [5.41, 5.74) is 0.351. The second kappa shape index (κ2) is 5.59. The molecule has 0 heterocycles. The lowest BCUT2D eigenvalue weighted by Gasteiger charge is -2.23. The average molecular weight is 158 g/mol. The molecule has 0 aromatic carbocycles. The Morgan fingerprint density at radius 2 is 1.73 bits per heavy atom. The molecule has 0 rings (SSSR count). The molecular formula is C10H22O. The Kier molecular flexibility index (Phi) is 5.57. The molecule has 1 N–H and O–H groups in total. The first-order valence-corrected chi connectivity index (χ1v) is 4.73. The van der Waals surface area contributed by atoms with Crippen LogP contribution in [0.1, 0.15) is 52.9 Å². The van der Waals surface area contributed by atoms with E-state index in [0.29, 0.717) is 12.0 Å². The third-order valence-corrected chi connectivity index (χ3v) is 2.25. The molecule has 0 saturated heterocycles. The highest BCUT2D eigenvalue weighted by atomic mass is 16.3. The largest absolute Gasteiger partial charge is 0.396 e. The van der Waals surface area contributed by atoms with E-state index in [0.717, 1.165) is 6.42 Å². The van der Waals surface area contributed by atoms with Gasteiger partial charge in [-0.25, -0.2) is 0 Å². The Morgan fingerprint density at radius 3 is 2.18 bits per heavy atom. The lowest BCUT2D eigenvalue weighted by atomic mass is 9.84. The molecule has 11 heavy (non-hydrogen) atoms. The van der Waals surface area contributed by atoms with Gasteiger partial charge in [0.2, 0.25) is 0 Å². The highest BCUT2D eigenvalue weighted by Gasteiger charge is 2.15. The number of aliphatic hydroxyl groups is 1. The van der Waals surface area contributed by atoms with Crippen LogP contribution in [0.4, 0.5) is 0 Å². The normalized spacial score (nSPS) is 12.0. The van der Waals surface area contributed by atoms with E-state index in [1.807, 2.05) is 0 Å². The van der Waals surface area contributed by atoms with Crippen LogP contribution in [0.5, 0.6) is 0 Å². The molecule has 0 aliphatic heterocycles. The van der Waals surface area contributed by atoms with E-state index < -0.39 is 0 Å². The summed E-state index contributed by atoms with van der Waals surface area (Å²) in [6, 6.07) is 0. The van der Waals surface area contributed by atoms with E-state index in [9.17, 15) is 0 Å². The van der Waals surface area contributed by atoms with Crippen LogP contribution in [0.2, 0.25) is 0 Å². The van der Waals surface area contributed by atoms with Crippen LogP contribution < -0.4 is 0 Å². The molecular weight excluding hydrogens is 136 g/mol. The highest BCUT2D eigenvalue weighted by Crippen LogP contribution is 2.26. The Bertz CT molecular complexity index is 86.9. The predicted octanol–water partition coefficient (Wildman–Crippen LogP) is 2.98. The molecule has 1 heteroatoms. The SMILES string of the molecule is CCCCCC(C)(C)CCO. The van der Waals surface area contributed by atoms with Crippen LogP contribution >= 0.6 is 0 Å². The number of aliphatic hydroxyl groups excluding tert-OH is 1. The molecule has 0 aromatic rings. The first kappa shape index (κ1) is 11.0. The molecule has 0 saturated carbocycles. The molecule has 0 aliphatic rings. The molecule has 0 unspecified atom stereocenters. The summed E-state index contributed by atoms with van der Waals surface area (Å²) in [7, 11) is 0. The van der Waals surface area contributed by atoms with Gasteiger partial charge >= 0.3 is 0 Å². The molecule has 0 bridgehead atoms. The fraction of sp³-hybridized carbons (Fsp3) is 1.00. The minimum atomic E-state index is 0.332. The minimum Gasteiger partial charge on any atom is -0.396 e. The molecule has 0 atom stereocenters. The van der Waals surface area contributed by atoms with Crippen LogP contribution in [0.3, 0.4) is 0 Å². The van der Waals surface area contributed by atoms with Crippen molar-refractivity contribution in [2.75, 3.05) is 6.61 Å². The van der Waals surface area contributed by atoms with Gasteiger partial charge in [0.1, 0.15) is 0 Å². The fourth-order valence-electron chi connectivity index (χ4n) is 1.28. The maximum atomic E-state index is 8.76. The van der Waals surface area contributed by atoms with E-state index in [2.05, 4.69) is 20.8 Å². The molecule has 0 spiro atoms. The van der Waals surface area contributed by atoms with Crippen LogP contribution in [0.25, 0.3) is 0 Å². The van der Waals surface area contributed by atoms with E-state index in [4.69, 9.17) is 5.11 Å². The van der Waals surface area contributed by atoms with Gasteiger partial charge in [-0.3, -0.25) is 0 Å². The summed E-state index contributed by atoms with van der Waals surface area (Å²) >= 11 is 0. The van der Waals surface area contributed by atoms with Gasteiger partial charge in [-0.2, -0.15) is 0 Å². The van der Waals surface area contributed by atoms with Gasteiger partial charge in [0, 0.05) is 6.61 Å². The lowest BCUT2D eigenvalue weighted by molar-refractivity contribution is 0.198. The van der Waals surface area contributed by atoms with Crippen LogP contribution in [0, 0.1) is 5.41 Å². The zero-order chi connectivity index (χ0) is 8.74. The number of unbranched alkanes of at least 4 members (excludes halogenated alkanes) is 2. The quantitative estimate of drug-likeness (QED) is 0.589. The third kappa shape index (κ3) is 6.36. The standard InChI is InChI=1S/C10H22O/c1-4-5-6-7-10(2,3)8-9-11/h11H,4-9H2,1-3H3. The van der Waals surface area contributed by atoms with E-state index >= 15 is 0 Å². The zero-order valence-electron chi connectivity index (χ0n) is 8.19. The first-order valence-electron chi connectivity index (χ1n) is 4.73. The van der Waals surface area contributed by atoms with Crippen LogP contribution in [0.15, 0.2) is 0 Å². The van der Waals surface area contributed by atoms with Gasteiger partial charge in [0.05, 0.1) is 0 Å². The summed E-state index contributed by atoms with van der Waals surface area (Å²) in [4.78, 5) is 0. The van der Waals surface area contributed by atoms with E-state index in [-0.39, 0.29) is 0 Å². The Balaban J connectivity index is 3.38. The highest BCUT2D eigenvalue weighted by molar-refractivity contribution is 4.67. The van der Waals surface area contributed by atoms with Crippen molar-refractivity contribution in [1.82, 2.24) is 0 Å². The van der Waals surface area contributed by atoms with Gasteiger partial charge in [-0.05, 0) is 18.3 Å². The summed E-state index contributed by atoms with van der Waals surface area (Å²) < 4.78 is 0. The predicted molar refractivity (Wildman–Crippen MR) is 49.6 cm³/mol. The van der Waals surface area contributed by atoms with Crippen molar-refractivity contribution in [3.8, 4) is 0 Å². The monoisotopic (exact) mass is 158 g/mol. The third-order valence-electron chi connectivity index (χ3n) is 2.25. The molecule has 0 aromatic heterocycles. The second-order valence-corrected chi connectivity index (χ2v) is 4.09. The number of hydrogen-bond acceptors (Lipinski definition) is 1. The Morgan fingerprint density at radius 1 is 1.09 bits per heavy atom. The van der Waals surface area contributed by atoms with Crippen LogP contribution in [-0.2, 0) is 0 Å². The zero-order valence-corrected chi connectivity index (χ0v) is 8.19. The van der Waals surface area contributed by atoms with Gasteiger partial charge in [-0.1, -0.05) is 40.0 Å². The van der Waals surface area contributed by atoms with Crippen molar-refractivity contribution < 1.29 is 5.11 Å². The van der Waals surface area contributed by atoms with Gasteiger partial charge in [0.25, 0.3) is 0 Å². The van der Waals surface area contributed by atoms with Gasteiger partial charge in [-0.15, -0.1) is 0 Å².